The number of nitro benzene ring substituents is 1. The number of carbonyl (C=O) groups is 1. The number of nitrogen functional groups attached to an aromatic ring is 1. The molecule has 0 fully saturated rings. The number of non-ortho nitro benzene ring substituents is 1. The van der Waals surface area contributed by atoms with Crippen molar-refractivity contribution in [2.45, 2.75) is 26.7 Å². The molecule has 1 unspecified atom stereocenters. The van der Waals surface area contributed by atoms with Gasteiger partial charge in [-0.15, -0.1) is 0 Å². The van der Waals surface area contributed by atoms with E-state index >= 15 is 0 Å². The second kappa shape index (κ2) is 6.72. The van der Waals surface area contributed by atoms with Crippen LogP contribution in [0.1, 0.15) is 37.0 Å². The fraction of sp³-hybridized carbons (Fsp3) is 0.462. The first-order valence-electron chi connectivity index (χ1n) is 6.16. The van der Waals surface area contributed by atoms with Gasteiger partial charge in [0.05, 0.1) is 22.8 Å². The molecule has 19 heavy (non-hydrogen) atoms. The third kappa shape index (κ3) is 4.24. The molecule has 1 rings (SSSR count). The van der Waals surface area contributed by atoms with Gasteiger partial charge in [0.25, 0.3) is 5.69 Å². The van der Waals surface area contributed by atoms with E-state index in [1.165, 1.54) is 12.1 Å². The lowest BCUT2D eigenvalue weighted by Crippen LogP contribution is -2.13. The summed E-state index contributed by atoms with van der Waals surface area (Å²) >= 11 is 0. The second-order valence-electron chi connectivity index (χ2n) is 4.52. The van der Waals surface area contributed by atoms with E-state index in [0.717, 1.165) is 18.9 Å². The summed E-state index contributed by atoms with van der Waals surface area (Å²) in [5, 5.41) is 10.6. The molecule has 6 heteroatoms. The Morgan fingerprint density at radius 2 is 2.21 bits per heavy atom. The molecule has 0 heterocycles. The maximum atomic E-state index is 11.8. The Kier molecular flexibility index (Phi) is 5.29. The van der Waals surface area contributed by atoms with Crippen LogP contribution in [-0.2, 0) is 4.74 Å². The number of hydrogen-bond donors (Lipinski definition) is 1. The highest BCUT2D eigenvalue weighted by molar-refractivity contribution is 5.95. The lowest BCUT2D eigenvalue weighted by molar-refractivity contribution is -0.384. The number of carbonyl (C=O) groups excluding carboxylic acids is 1. The molecule has 6 nitrogen and oxygen atoms in total. The maximum absolute atomic E-state index is 11.8. The second-order valence-corrected chi connectivity index (χ2v) is 4.52. The molecule has 0 aliphatic carbocycles. The summed E-state index contributed by atoms with van der Waals surface area (Å²) in [5.74, 6) is -0.261. The molecule has 104 valence electrons. The van der Waals surface area contributed by atoms with Gasteiger partial charge in [-0.25, -0.2) is 4.79 Å². The number of nitro groups is 1. The van der Waals surface area contributed by atoms with Crippen molar-refractivity contribution in [3.8, 4) is 0 Å². The van der Waals surface area contributed by atoms with Crippen molar-refractivity contribution in [2.24, 2.45) is 5.92 Å². The summed E-state index contributed by atoms with van der Waals surface area (Å²) in [5.41, 5.74) is 5.69. The summed E-state index contributed by atoms with van der Waals surface area (Å²) < 4.78 is 5.13. The number of benzene rings is 1. The Hall–Kier alpha value is -2.11. The highest BCUT2D eigenvalue weighted by atomic mass is 16.6. The normalized spacial score (nSPS) is 11.9. The third-order valence-electron chi connectivity index (χ3n) is 2.75. The van der Waals surface area contributed by atoms with Crippen LogP contribution >= 0.6 is 0 Å². The number of rotatable bonds is 6. The largest absolute Gasteiger partial charge is 0.462 e. The van der Waals surface area contributed by atoms with Crippen LogP contribution in [0, 0.1) is 16.0 Å². The zero-order chi connectivity index (χ0) is 14.4. The Balaban J connectivity index is 2.70. The molecule has 0 radical (unpaired) electrons. The van der Waals surface area contributed by atoms with Crippen molar-refractivity contribution in [1.82, 2.24) is 0 Å². The molecule has 0 bridgehead atoms. The van der Waals surface area contributed by atoms with E-state index in [1.54, 1.807) is 0 Å². The quantitative estimate of drug-likeness (QED) is 0.369. The molecule has 0 aromatic heterocycles. The van der Waals surface area contributed by atoms with Crippen LogP contribution in [0.25, 0.3) is 0 Å². The number of nitrogens with zero attached hydrogens (tertiary/aromatic N) is 1. The van der Waals surface area contributed by atoms with Crippen LogP contribution in [-0.4, -0.2) is 17.5 Å². The standard InChI is InChI=1S/C13H18N2O4/c1-3-4-9(2)8-19-13(16)11-6-5-10(15(17)18)7-12(11)14/h5-7,9H,3-4,8,14H2,1-2H3. The van der Waals surface area contributed by atoms with Crippen molar-refractivity contribution in [3.63, 3.8) is 0 Å². The van der Waals surface area contributed by atoms with Gasteiger partial charge < -0.3 is 10.5 Å². The first-order chi connectivity index (χ1) is 8.95. The van der Waals surface area contributed by atoms with E-state index in [4.69, 9.17) is 10.5 Å². The van der Waals surface area contributed by atoms with Crippen molar-refractivity contribution < 1.29 is 14.5 Å². The minimum atomic E-state index is -0.561. The summed E-state index contributed by atoms with van der Waals surface area (Å²) in [6, 6.07) is 3.72. The van der Waals surface area contributed by atoms with Crippen molar-refractivity contribution in [2.75, 3.05) is 12.3 Å². The van der Waals surface area contributed by atoms with Crippen molar-refractivity contribution in [3.05, 3.63) is 33.9 Å². The number of esters is 1. The van der Waals surface area contributed by atoms with E-state index in [1.807, 2.05) is 6.92 Å². The number of nitrogens with two attached hydrogens (primary N) is 1. The summed E-state index contributed by atoms with van der Waals surface area (Å²) in [6.07, 6.45) is 2.00. The predicted molar refractivity (Wildman–Crippen MR) is 71.9 cm³/mol. The fourth-order valence-corrected chi connectivity index (χ4v) is 1.72. The molecule has 1 aromatic rings. The molecular formula is C13H18N2O4. The van der Waals surface area contributed by atoms with E-state index in [9.17, 15) is 14.9 Å². The maximum Gasteiger partial charge on any atom is 0.340 e. The third-order valence-corrected chi connectivity index (χ3v) is 2.75. The molecule has 1 aromatic carbocycles. The average Bonchev–Trinajstić information content (AvgIpc) is 2.36. The van der Waals surface area contributed by atoms with Crippen molar-refractivity contribution >= 4 is 17.3 Å². The van der Waals surface area contributed by atoms with Crippen LogP contribution in [0.3, 0.4) is 0 Å². The first kappa shape index (κ1) is 14.9. The van der Waals surface area contributed by atoms with E-state index in [2.05, 4.69) is 6.92 Å². The monoisotopic (exact) mass is 266 g/mol. The van der Waals surface area contributed by atoms with Gasteiger partial charge >= 0.3 is 5.97 Å². The van der Waals surface area contributed by atoms with Gasteiger partial charge in [-0.2, -0.15) is 0 Å². The summed E-state index contributed by atoms with van der Waals surface area (Å²) in [7, 11) is 0. The number of hydrogen-bond acceptors (Lipinski definition) is 5. The lowest BCUT2D eigenvalue weighted by Gasteiger charge is -2.11. The average molecular weight is 266 g/mol. The molecule has 2 N–H and O–H groups in total. The Bertz CT molecular complexity index is 474. The molecular weight excluding hydrogens is 248 g/mol. The van der Waals surface area contributed by atoms with Gasteiger partial charge in [0.2, 0.25) is 0 Å². The molecule has 0 aliphatic rings. The van der Waals surface area contributed by atoms with Gasteiger partial charge in [0, 0.05) is 12.1 Å². The molecule has 0 saturated heterocycles. The van der Waals surface area contributed by atoms with Gasteiger partial charge in [-0.1, -0.05) is 20.3 Å². The predicted octanol–water partition coefficient (Wildman–Crippen LogP) is 2.77. The zero-order valence-corrected chi connectivity index (χ0v) is 11.1. The zero-order valence-electron chi connectivity index (χ0n) is 11.1. The van der Waals surface area contributed by atoms with Gasteiger partial charge in [0.15, 0.2) is 0 Å². The summed E-state index contributed by atoms with van der Waals surface area (Å²) in [4.78, 5) is 21.8. The first-order valence-corrected chi connectivity index (χ1v) is 6.16. The van der Waals surface area contributed by atoms with Gasteiger partial charge in [-0.3, -0.25) is 10.1 Å². The Morgan fingerprint density at radius 3 is 2.74 bits per heavy atom. The lowest BCUT2D eigenvalue weighted by atomic mass is 10.1. The van der Waals surface area contributed by atoms with Crippen LogP contribution in [0.4, 0.5) is 11.4 Å². The molecule has 0 amide bonds. The number of anilines is 1. The Morgan fingerprint density at radius 1 is 1.53 bits per heavy atom. The van der Waals surface area contributed by atoms with Gasteiger partial charge in [0.1, 0.15) is 0 Å². The Labute approximate surface area is 111 Å². The van der Waals surface area contributed by atoms with Crippen molar-refractivity contribution in [1.29, 1.82) is 0 Å². The fourth-order valence-electron chi connectivity index (χ4n) is 1.72. The van der Waals surface area contributed by atoms with E-state index in [0.29, 0.717) is 6.61 Å². The van der Waals surface area contributed by atoms with Crippen LogP contribution in [0.5, 0.6) is 0 Å². The highest BCUT2D eigenvalue weighted by Crippen LogP contribution is 2.20. The topological polar surface area (TPSA) is 95.5 Å². The molecule has 0 aliphatic heterocycles. The van der Waals surface area contributed by atoms with E-state index < -0.39 is 10.9 Å². The van der Waals surface area contributed by atoms with E-state index in [-0.39, 0.29) is 22.9 Å². The number of ether oxygens (including phenoxy) is 1. The van der Waals surface area contributed by atoms with Crippen LogP contribution in [0.15, 0.2) is 18.2 Å². The smallest absolute Gasteiger partial charge is 0.340 e. The molecule has 1 atom stereocenters. The SMILES string of the molecule is CCCC(C)COC(=O)c1ccc([N+](=O)[O-])cc1N. The van der Waals surface area contributed by atoms with Crippen LogP contribution < -0.4 is 5.73 Å². The summed E-state index contributed by atoms with van der Waals surface area (Å²) in [6.45, 7) is 4.38. The van der Waals surface area contributed by atoms with Gasteiger partial charge in [-0.05, 0) is 18.4 Å². The minimum Gasteiger partial charge on any atom is -0.462 e. The van der Waals surface area contributed by atoms with Crippen LogP contribution in [0.2, 0.25) is 0 Å². The highest BCUT2D eigenvalue weighted by Gasteiger charge is 2.16. The molecule has 0 saturated carbocycles. The minimum absolute atomic E-state index is 0.0577. The molecule has 0 spiro atoms.